The molecule has 1 saturated carbocycles. The number of hydrogen-bond donors (Lipinski definition) is 1. The Morgan fingerprint density at radius 1 is 1.00 bits per heavy atom. The van der Waals surface area contributed by atoms with Gasteiger partial charge in [-0.05, 0) is 83.0 Å². The van der Waals surface area contributed by atoms with Gasteiger partial charge in [0, 0.05) is 6.04 Å². The van der Waals surface area contributed by atoms with Gasteiger partial charge < -0.3 is 10.2 Å². The summed E-state index contributed by atoms with van der Waals surface area (Å²) in [4.78, 5) is 2.79. The first kappa shape index (κ1) is 14.3. The first-order valence-electron chi connectivity index (χ1n) is 8.24. The fraction of sp³-hybridized carbons (Fsp3) is 1.00. The van der Waals surface area contributed by atoms with Crippen LogP contribution in [-0.2, 0) is 0 Å². The lowest BCUT2D eigenvalue weighted by Gasteiger charge is -2.40. The van der Waals surface area contributed by atoms with Crippen LogP contribution in [0.1, 0.15) is 58.8 Å². The van der Waals surface area contributed by atoms with Gasteiger partial charge in [0.25, 0.3) is 0 Å². The summed E-state index contributed by atoms with van der Waals surface area (Å²) in [5.74, 6) is 1.92. The van der Waals surface area contributed by atoms with Crippen molar-refractivity contribution in [3.05, 3.63) is 0 Å². The van der Waals surface area contributed by atoms with E-state index in [1.165, 1.54) is 71.1 Å². The van der Waals surface area contributed by atoms with Crippen molar-refractivity contribution in [3.8, 4) is 0 Å². The van der Waals surface area contributed by atoms with E-state index >= 15 is 0 Å². The van der Waals surface area contributed by atoms with Gasteiger partial charge in [0.2, 0.25) is 0 Å². The maximum atomic E-state index is 3.59. The SMILES string of the molecule is CCCNCC1CCN(C2CCC(C)CC2)CC1. The molecule has 0 atom stereocenters. The minimum atomic E-state index is 0.922. The summed E-state index contributed by atoms with van der Waals surface area (Å²) in [6.45, 7) is 9.83. The summed E-state index contributed by atoms with van der Waals surface area (Å²) < 4.78 is 0. The summed E-state index contributed by atoms with van der Waals surface area (Å²) in [6.07, 6.45) is 9.94. The molecule has 0 aromatic rings. The molecule has 1 aliphatic heterocycles. The Morgan fingerprint density at radius 3 is 2.28 bits per heavy atom. The van der Waals surface area contributed by atoms with Crippen LogP contribution in [0.2, 0.25) is 0 Å². The van der Waals surface area contributed by atoms with Crippen LogP contribution in [0, 0.1) is 11.8 Å². The molecule has 2 fully saturated rings. The van der Waals surface area contributed by atoms with E-state index in [1.807, 2.05) is 0 Å². The van der Waals surface area contributed by atoms with Gasteiger partial charge in [-0.25, -0.2) is 0 Å². The van der Waals surface area contributed by atoms with Crippen molar-refractivity contribution in [3.63, 3.8) is 0 Å². The molecule has 0 aromatic carbocycles. The quantitative estimate of drug-likeness (QED) is 0.755. The maximum absolute atomic E-state index is 3.59. The molecule has 0 spiro atoms. The van der Waals surface area contributed by atoms with Crippen LogP contribution in [0.15, 0.2) is 0 Å². The summed E-state index contributed by atoms with van der Waals surface area (Å²) in [7, 11) is 0. The fourth-order valence-electron chi connectivity index (χ4n) is 3.61. The van der Waals surface area contributed by atoms with E-state index in [4.69, 9.17) is 0 Å². The van der Waals surface area contributed by atoms with E-state index in [9.17, 15) is 0 Å². The average molecular weight is 252 g/mol. The predicted octanol–water partition coefficient (Wildman–Crippen LogP) is 3.28. The lowest BCUT2D eigenvalue weighted by Crippen LogP contribution is -2.44. The van der Waals surface area contributed by atoms with Crippen molar-refractivity contribution in [2.45, 2.75) is 64.8 Å². The molecule has 0 unspecified atom stereocenters. The number of piperidine rings is 1. The van der Waals surface area contributed by atoms with Crippen molar-refractivity contribution in [2.24, 2.45) is 11.8 Å². The van der Waals surface area contributed by atoms with Gasteiger partial charge in [-0.3, -0.25) is 0 Å². The molecule has 1 saturated heterocycles. The van der Waals surface area contributed by atoms with E-state index < -0.39 is 0 Å². The summed E-state index contributed by atoms with van der Waals surface area (Å²) in [6, 6.07) is 0.922. The monoisotopic (exact) mass is 252 g/mol. The Balaban J connectivity index is 1.63. The molecule has 0 aromatic heterocycles. The van der Waals surface area contributed by atoms with Gasteiger partial charge in [-0.15, -0.1) is 0 Å². The fourth-order valence-corrected chi connectivity index (χ4v) is 3.61. The lowest BCUT2D eigenvalue weighted by molar-refractivity contribution is 0.0964. The van der Waals surface area contributed by atoms with Crippen LogP contribution >= 0.6 is 0 Å². The van der Waals surface area contributed by atoms with E-state index in [-0.39, 0.29) is 0 Å². The number of nitrogens with one attached hydrogen (secondary N) is 1. The van der Waals surface area contributed by atoms with Crippen LogP contribution < -0.4 is 5.32 Å². The average Bonchev–Trinajstić information content (AvgIpc) is 2.41. The van der Waals surface area contributed by atoms with Gasteiger partial charge in [0.15, 0.2) is 0 Å². The molecular formula is C16H32N2. The van der Waals surface area contributed by atoms with E-state index in [1.54, 1.807) is 0 Å². The third kappa shape index (κ3) is 4.24. The molecular weight excluding hydrogens is 220 g/mol. The van der Waals surface area contributed by atoms with Gasteiger partial charge >= 0.3 is 0 Å². The third-order valence-electron chi connectivity index (χ3n) is 5.01. The molecule has 0 amide bonds. The Morgan fingerprint density at radius 2 is 1.67 bits per heavy atom. The van der Waals surface area contributed by atoms with E-state index in [2.05, 4.69) is 24.1 Å². The molecule has 0 radical (unpaired) electrons. The standard InChI is InChI=1S/C16H32N2/c1-3-10-17-13-15-8-11-18(12-9-15)16-6-4-14(2)5-7-16/h14-17H,3-13H2,1-2H3. The number of rotatable bonds is 5. The highest BCUT2D eigenvalue weighted by molar-refractivity contribution is 4.82. The number of nitrogens with zero attached hydrogens (tertiary/aromatic N) is 1. The lowest BCUT2D eigenvalue weighted by atomic mass is 9.85. The minimum Gasteiger partial charge on any atom is -0.316 e. The Hall–Kier alpha value is -0.0800. The molecule has 1 N–H and O–H groups in total. The van der Waals surface area contributed by atoms with Crippen LogP contribution in [-0.4, -0.2) is 37.1 Å². The predicted molar refractivity (Wildman–Crippen MR) is 78.9 cm³/mol. The normalized spacial score (nSPS) is 31.7. The largest absolute Gasteiger partial charge is 0.316 e. The third-order valence-corrected chi connectivity index (χ3v) is 5.01. The smallest absolute Gasteiger partial charge is 0.00954 e. The van der Waals surface area contributed by atoms with E-state index in [0.29, 0.717) is 0 Å². The van der Waals surface area contributed by atoms with Gasteiger partial charge in [0.05, 0.1) is 0 Å². The second kappa shape index (κ2) is 7.49. The Kier molecular flexibility index (Phi) is 5.97. The highest BCUT2D eigenvalue weighted by atomic mass is 15.2. The maximum Gasteiger partial charge on any atom is 0.00954 e. The first-order chi connectivity index (χ1) is 8.79. The second-order valence-electron chi connectivity index (χ2n) is 6.60. The van der Waals surface area contributed by atoms with Crippen LogP contribution in [0.25, 0.3) is 0 Å². The number of hydrogen-bond acceptors (Lipinski definition) is 2. The topological polar surface area (TPSA) is 15.3 Å². The molecule has 2 aliphatic rings. The molecule has 106 valence electrons. The summed E-state index contributed by atoms with van der Waals surface area (Å²) in [5, 5.41) is 3.59. The van der Waals surface area contributed by atoms with Crippen LogP contribution in [0.4, 0.5) is 0 Å². The molecule has 2 heteroatoms. The van der Waals surface area contributed by atoms with Crippen molar-refractivity contribution in [1.82, 2.24) is 10.2 Å². The molecule has 2 rings (SSSR count). The zero-order chi connectivity index (χ0) is 12.8. The van der Waals surface area contributed by atoms with Crippen molar-refractivity contribution < 1.29 is 0 Å². The molecule has 1 aliphatic carbocycles. The second-order valence-corrected chi connectivity index (χ2v) is 6.60. The highest BCUT2D eigenvalue weighted by Gasteiger charge is 2.27. The Labute approximate surface area is 114 Å². The summed E-state index contributed by atoms with van der Waals surface area (Å²) in [5.41, 5.74) is 0. The molecule has 1 heterocycles. The van der Waals surface area contributed by atoms with Crippen LogP contribution in [0.3, 0.4) is 0 Å². The summed E-state index contributed by atoms with van der Waals surface area (Å²) >= 11 is 0. The molecule has 18 heavy (non-hydrogen) atoms. The van der Waals surface area contributed by atoms with Gasteiger partial charge in [-0.1, -0.05) is 13.8 Å². The molecule has 0 bridgehead atoms. The molecule has 2 nitrogen and oxygen atoms in total. The highest BCUT2D eigenvalue weighted by Crippen LogP contribution is 2.29. The first-order valence-corrected chi connectivity index (χ1v) is 8.24. The van der Waals surface area contributed by atoms with Gasteiger partial charge in [-0.2, -0.15) is 0 Å². The van der Waals surface area contributed by atoms with Gasteiger partial charge in [0.1, 0.15) is 0 Å². The van der Waals surface area contributed by atoms with Crippen molar-refractivity contribution in [2.75, 3.05) is 26.2 Å². The Bertz CT molecular complexity index is 213. The zero-order valence-electron chi connectivity index (χ0n) is 12.5. The van der Waals surface area contributed by atoms with Crippen molar-refractivity contribution in [1.29, 1.82) is 0 Å². The minimum absolute atomic E-state index is 0.922. The van der Waals surface area contributed by atoms with Crippen LogP contribution in [0.5, 0.6) is 0 Å². The van der Waals surface area contributed by atoms with Crippen molar-refractivity contribution >= 4 is 0 Å². The van der Waals surface area contributed by atoms with E-state index in [0.717, 1.165) is 17.9 Å². The zero-order valence-corrected chi connectivity index (χ0v) is 12.5. The number of likely N-dealkylation sites (tertiary alicyclic amines) is 1.